The van der Waals surface area contributed by atoms with Gasteiger partial charge in [-0.05, 0) is 50.6 Å². The molecule has 1 aromatic carbocycles. The molecule has 1 aliphatic rings. The van der Waals surface area contributed by atoms with Gasteiger partial charge in [-0.1, -0.05) is 23.5 Å². The van der Waals surface area contributed by atoms with Crippen LogP contribution < -0.4 is 10.6 Å². The lowest BCUT2D eigenvalue weighted by Crippen LogP contribution is -2.55. The average Bonchev–Trinajstić information content (AvgIpc) is 3.16. The Labute approximate surface area is 189 Å². The van der Waals surface area contributed by atoms with E-state index < -0.39 is 0 Å². The molecule has 2 N–H and O–H groups in total. The Balaban J connectivity index is 1.73. The van der Waals surface area contributed by atoms with Crippen molar-refractivity contribution in [1.29, 1.82) is 5.26 Å². The molecule has 1 aliphatic heterocycles. The Morgan fingerprint density at radius 3 is 2.66 bits per heavy atom. The lowest BCUT2D eigenvalue weighted by atomic mass is 10.0. The molecule has 1 fully saturated rings. The molecule has 0 bridgehead atoms. The van der Waals surface area contributed by atoms with Crippen LogP contribution >= 0.6 is 11.3 Å². The first-order valence-electron chi connectivity index (χ1n) is 10.1. The summed E-state index contributed by atoms with van der Waals surface area (Å²) in [5, 5.41) is 15.4. The third-order valence-corrected chi connectivity index (χ3v) is 5.99. The molecule has 4 rings (SSSR count). The molecule has 3 aromatic rings. The second-order valence-electron chi connectivity index (χ2n) is 7.81. The molecule has 8 nitrogen and oxygen atoms in total. The molecule has 0 radical (unpaired) electrons. The monoisotopic (exact) mass is 446 g/mol. The maximum atomic E-state index is 12.8. The van der Waals surface area contributed by atoms with Gasteiger partial charge in [-0.2, -0.15) is 5.26 Å². The highest BCUT2D eigenvalue weighted by Crippen LogP contribution is 2.39. The molecule has 2 aromatic heterocycles. The van der Waals surface area contributed by atoms with Gasteiger partial charge >= 0.3 is 6.03 Å². The van der Waals surface area contributed by atoms with E-state index in [9.17, 15) is 14.9 Å². The number of thiazole rings is 1. The van der Waals surface area contributed by atoms with Crippen molar-refractivity contribution in [2.24, 2.45) is 0 Å². The summed E-state index contributed by atoms with van der Waals surface area (Å²) in [5.41, 5.74) is 4.69. The Morgan fingerprint density at radius 2 is 1.97 bits per heavy atom. The molecule has 32 heavy (non-hydrogen) atoms. The molecule has 0 unspecified atom stereocenters. The van der Waals surface area contributed by atoms with Crippen LogP contribution in [0.5, 0.6) is 0 Å². The molecule has 0 aliphatic carbocycles. The van der Waals surface area contributed by atoms with Gasteiger partial charge in [-0.15, -0.1) is 0 Å². The van der Waals surface area contributed by atoms with Crippen molar-refractivity contribution in [3.05, 3.63) is 53.3 Å². The minimum atomic E-state index is -0.369. The van der Waals surface area contributed by atoms with Gasteiger partial charge in [0.25, 0.3) is 0 Å². The van der Waals surface area contributed by atoms with E-state index in [2.05, 4.69) is 21.7 Å². The number of carbonyl (C=O) groups excluding carboxylic acids is 2. The Bertz CT molecular complexity index is 1230. The first-order valence-corrected chi connectivity index (χ1v) is 11.0. The fraction of sp³-hybridized carbons (Fsp3) is 0.261. The van der Waals surface area contributed by atoms with Gasteiger partial charge in [0.2, 0.25) is 5.91 Å². The molecule has 9 heteroatoms. The predicted molar refractivity (Wildman–Crippen MR) is 123 cm³/mol. The summed E-state index contributed by atoms with van der Waals surface area (Å²) in [5.74, 6) is -0.185. The smallest absolute Gasteiger partial charge is 0.324 e. The molecular weight excluding hydrogens is 424 g/mol. The average molecular weight is 447 g/mol. The number of nitrogens with one attached hydrogen (secondary N) is 2. The van der Waals surface area contributed by atoms with Gasteiger partial charge in [0.05, 0.1) is 22.2 Å². The highest BCUT2D eigenvalue weighted by atomic mass is 32.1. The summed E-state index contributed by atoms with van der Waals surface area (Å²) >= 11 is 1.35. The van der Waals surface area contributed by atoms with E-state index in [0.29, 0.717) is 22.9 Å². The third-order valence-electron chi connectivity index (χ3n) is 4.97. The number of urea groups is 1. The molecule has 3 amide bonds. The molecule has 1 atom stereocenters. The van der Waals surface area contributed by atoms with E-state index in [-0.39, 0.29) is 24.5 Å². The van der Waals surface area contributed by atoms with E-state index in [1.165, 1.54) is 16.2 Å². The zero-order chi connectivity index (χ0) is 22.8. The minimum Gasteiger partial charge on any atom is -0.350 e. The topological polar surface area (TPSA) is 111 Å². The molecule has 0 spiro atoms. The van der Waals surface area contributed by atoms with Crippen molar-refractivity contribution in [1.82, 2.24) is 20.2 Å². The lowest BCUT2D eigenvalue weighted by Gasteiger charge is -2.30. The Kier molecular flexibility index (Phi) is 5.88. The van der Waals surface area contributed by atoms with Crippen molar-refractivity contribution in [3.63, 3.8) is 0 Å². The number of pyridine rings is 1. The number of nitrogens with zero attached hydrogens (tertiary/aromatic N) is 4. The molecule has 1 saturated heterocycles. The van der Waals surface area contributed by atoms with Crippen LogP contribution in [-0.2, 0) is 4.79 Å². The standard InChI is InChI=1S/C23H22N6O2S/c1-13-7-18(8-14(2)25-13)21-20(17-6-4-5-16(9-17)10-24)27-22(32-21)28-23(31)29-11-15(3)26-19(30)12-29/h4-9,15H,11-12H2,1-3H3,(H,26,30)(H,27,28,31)/t15-/m1/s1. The largest absolute Gasteiger partial charge is 0.350 e. The number of hydrogen-bond donors (Lipinski definition) is 2. The summed E-state index contributed by atoms with van der Waals surface area (Å²) < 4.78 is 0. The molecular formula is C23H22N6O2S. The van der Waals surface area contributed by atoms with Crippen molar-refractivity contribution < 1.29 is 9.59 Å². The fourth-order valence-corrected chi connectivity index (χ4v) is 4.69. The summed E-state index contributed by atoms with van der Waals surface area (Å²) in [6.07, 6.45) is 0. The quantitative estimate of drug-likeness (QED) is 0.637. The molecule has 162 valence electrons. The van der Waals surface area contributed by atoms with Crippen molar-refractivity contribution >= 4 is 28.4 Å². The highest BCUT2D eigenvalue weighted by molar-refractivity contribution is 7.19. The number of piperazine rings is 1. The van der Waals surface area contributed by atoms with Gasteiger partial charge in [0, 0.05) is 29.5 Å². The van der Waals surface area contributed by atoms with Gasteiger partial charge in [0.15, 0.2) is 5.13 Å². The van der Waals surface area contributed by atoms with Crippen LogP contribution in [0.25, 0.3) is 21.7 Å². The normalized spacial score (nSPS) is 15.8. The maximum Gasteiger partial charge on any atom is 0.324 e. The van der Waals surface area contributed by atoms with E-state index in [0.717, 1.165) is 27.4 Å². The second kappa shape index (κ2) is 8.77. The number of anilines is 1. The fourth-order valence-electron chi connectivity index (χ4n) is 3.73. The number of aryl methyl sites for hydroxylation is 2. The van der Waals surface area contributed by atoms with Crippen LogP contribution in [0.4, 0.5) is 9.93 Å². The summed E-state index contributed by atoms with van der Waals surface area (Å²) in [6, 6.07) is 12.8. The maximum absolute atomic E-state index is 12.8. The van der Waals surface area contributed by atoms with Crippen LogP contribution in [0.3, 0.4) is 0 Å². The van der Waals surface area contributed by atoms with E-state index >= 15 is 0 Å². The zero-order valence-electron chi connectivity index (χ0n) is 18.0. The highest BCUT2D eigenvalue weighted by Gasteiger charge is 2.26. The Morgan fingerprint density at radius 1 is 1.22 bits per heavy atom. The summed E-state index contributed by atoms with van der Waals surface area (Å²) in [6.45, 7) is 6.15. The number of nitriles is 1. The van der Waals surface area contributed by atoms with Crippen LogP contribution in [0.2, 0.25) is 0 Å². The summed E-state index contributed by atoms with van der Waals surface area (Å²) in [7, 11) is 0. The lowest BCUT2D eigenvalue weighted by molar-refractivity contribution is -0.124. The first kappa shape index (κ1) is 21.5. The van der Waals surface area contributed by atoms with E-state index in [4.69, 9.17) is 4.98 Å². The summed E-state index contributed by atoms with van der Waals surface area (Å²) in [4.78, 5) is 36.1. The Hall–Kier alpha value is -3.77. The van der Waals surface area contributed by atoms with Gasteiger partial charge < -0.3 is 10.2 Å². The number of carbonyl (C=O) groups is 2. The number of aromatic nitrogens is 2. The van der Waals surface area contributed by atoms with Crippen molar-refractivity contribution in [2.45, 2.75) is 26.8 Å². The van der Waals surface area contributed by atoms with Gasteiger partial charge in [-0.3, -0.25) is 15.1 Å². The zero-order valence-corrected chi connectivity index (χ0v) is 18.8. The predicted octanol–water partition coefficient (Wildman–Crippen LogP) is 3.71. The van der Waals surface area contributed by atoms with Gasteiger partial charge in [-0.25, -0.2) is 9.78 Å². The number of rotatable bonds is 3. The minimum absolute atomic E-state index is 0.00816. The van der Waals surface area contributed by atoms with Crippen molar-refractivity contribution in [2.75, 3.05) is 18.4 Å². The number of hydrogen-bond acceptors (Lipinski definition) is 6. The number of amides is 3. The van der Waals surface area contributed by atoms with Gasteiger partial charge in [0.1, 0.15) is 6.54 Å². The second-order valence-corrected chi connectivity index (χ2v) is 8.81. The van der Waals surface area contributed by atoms with Crippen LogP contribution in [-0.4, -0.2) is 45.9 Å². The van der Waals surface area contributed by atoms with Crippen LogP contribution in [0, 0.1) is 25.2 Å². The molecule has 3 heterocycles. The van der Waals surface area contributed by atoms with Crippen LogP contribution in [0.15, 0.2) is 36.4 Å². The van der Waals surface area contributed by atoms with E-state index in [1.807, 2.05) is 45.0 Å². The van der Waals surface area contributed by atoms with Crippen LogP contribution in [0.1, 0.15) is 23.9 Å². The van der Waals surface area contributed by atoms with Crippen molar-refractivity contribution in [3.8, 4) is 27.8 Å². The van der Waals surface area contributed by atoms with E-state index in [1.54, 1.807) is 12.1 Å². The third kappa shape index (κ3) is 4.60. The SMILES string of the molecule is Cc1cc(-c2sc(NC(=O)N3CC(=O)N[C@H](C)C3)nc2-c2cccc(C#N)c2)cc(C)n1. The number of benzene rings is 1. The first-order chi connectivity index (χ1) is 15.3. The molecule has 0 saturated carbocycles.